The van der Waals surface area contributed by atoms with Gasteiger partial charge in [0.05, 0.1) is 18.5 Å². The Morgan fingerprint density at radius 2 is 2.12 bits per heavy atom. The van der Waals surface area contributed by atoms with E-state index in [0.29, 0.717) is 12.1 Å². The molecule has 0 radical (unpaired) electrons. The molecule has 32 heavy (non-hydrogen) atoms. The summed E-state index contributed by atoms with van der Waals surface area (Å²) in [6, 6.07) is 3.64. The van der Waals surface area contributed by atoms with Gasteiger partial charge in [-0.25, -0.2) is 14.4 Å². The molecule has 0 saturated carbocycles. The summed E-state index contributed by atoms with van der Waals surface area (Å²) >= 11 is 0.969. The van der Waals surface area contributed by atoms with Crippen LogP contribution in [-0.2, 0) is 16.7 Å². The van der Waals surface area contributed by atoms with Crippen LogP contribution < -0.4 is 11.1 Å². The zero-order valence-corrected chi connectivity index (χ0v) is 17.6. The SMILES string of the molecule is CCc1cnc(C(=O)Nc2ccc(F)c([C@]34CO[C@H](C(F)(F)F)[C@H]3CSC(N)=N4)c2)cn1. The number of ether oxygens (including phenoxy) is 1. The van der Waals surface area contributed by atoms with Crippen LogP contribution in [0.1, 0.15) is 28.7 Å². The van der Waals surface area contributed by atoms with E-state index in [1.807, 2.05) is 6.92 Å². The molecule has 1 saturated heterocycles. The average Bonchev–Trinajstić information content (AvgIpc) is 3.15. The lowest BCUT2D eigenvalue weighted by atomic mass is 9.78. The summed E-state index contributed by atoms with van der Waals surface area (Å²) in [5.74, 6) is -2.57. The maximum atomic E-state index is 14.9. The fraction of sp³-hybridized carbons (Fsp3) is 0.400. The van der Waals surface area contributed by atoms with Crippen molar-refractivity contribution in [2.24, 2.45) is 16.6 Å². The number of nitrogens with zero attached hydrogens (tertiary/aromatic N) is 3. The number of benzene rings is 1. The number of anilines is 1. The van der Waals surface area contributed by atoms with Crippen LogP contribution in [0, 0.1) is 11.7 Å². The van der Waals surface area contributed by atoms with E-state index in [9.17, 15) is 22.4 Å². The molecule has 3 N–H and O–H groups in total. The lowest BCUT2D eigenvalue weighted by Gasteiger charge is -2.36. The Bertz CT molecular complexity index is 1060. The second kappa shape index (κ2) is 8.32. The Morgan fingerprint density at radius 3 is 2.78 bits per heavy atom. The van der Waals surface area contributed by atoms with Crippen molar-refractivity contribution >= 4 is 28.5 Å². The molecule has 4 rings (SSSR count). The summed E-state index contributed by atoms with van der Waals surface area (Å²) in [7, 11) is 0. The molecule has 0 spiro atoms. The molecule has 2 aliphatic heterocycles. The zero-order chi connectivity index (χ0) is 23.1. The van der Waals surface area contributed by atoms with E-state index in [4.69, 9.17) is 10.5 Å². The van der Waals surface area contributed by atoms with Crippen molar-refractivity contribution in [2.75, 3.05) is 17.7 Å². The number of fused-ring (bicyclic) bond motifs is 1. The number of nitrogens with one attached hydrogen (secondary N) is 1. The predicted molar refractivity (Wildman–Crippen MR) is 111 cm³/mol. The maximum Gasteiger partial charge on any atom is 0.415 e. The summed E-state index contributed by atoms with van der Waals surface area (Å²) in [6.07, 6.45) is -3.30. The van der Waals surface area contributed by atoms with E-state index >= 15 is 0 Å². The first-order chi connectivity index (χ1) is 15.1. The van der Waals surface area contributed by atoms with Gasteiger partial charge in [0.1, 0.15) is 17.1 Å². The second-order valence-electron chi connectivity index (χ2n) is 7.46. The molecule has 1 aromatic carbocycles. The number of aryl methyl sites for hydroxylation is 1. The fourth-order valence-corrected chi connectivity index (χ4v) is 4.91. The number of alkyl halides is 3. The molecule has 3 atom stereocenters. The number of carbonyl (C=O) groups is 1. The van der Waals surface area contributed by atoms with E-state index < -0.39 is 42.1 Å². The van der Waals surface area contributed by atoms with Crippen molar-refractivity contribution in [2.45, 2.75) is 31.2 Å². The van der Waals surface area contributed by atoms with Gasteiger partial charge in [0, 0.05) is 29.1 Å². The highest BCUT2D eigenvalue weighted by molar-refractivity contribution is 8.13. The number of hydrogen-bond donors (Lipinski definition) is 2. The largest absolute Gasteiger partial charge is 0.415 e. The monoisotopic (exact) mass is 469 g/mol. The number of hydrogen-bond acceptors (Lipinski definition) is 7. The van der Waals surface area contributed by atoms with Crippen LogP contribution in [0.2, 0.25) is 0 Å². The van der Waals surface area contributed by atoms with Crippen molar-refractivity contribution < 1.29 is 27.1 Å². The quantitative estimate of drug-likeness (QED) is 0.667. The summed E-state index contributed by atoms with van der Waals surface area (Å²) in [4.78, 5) is 24.9. The minimum atomic E-state index is -4.64. The fourth-order valence-electron chi connectivity index (χ4n) is 3.88. The Hall–Kier alpha value is -2.73. The molecule has 1 fully saturated rings. The number of amidine groups is 1. The van der Waals surface area contributed by atoms with Gasteiger partial charge in [-0.15, -0.1) is 0 Å². The number of thioether (sulfide) groups is 1. The van der Waals surface area contributed by atoms with Crippen LogP contribution in [-0.4, -0.2) is 45.7 Å². The molecule has 2 aliphatic rings. The minimum Gasteiger partial charge on any atom is -0.379 e. The Kier molecular flexibility index (Phi) is 5.84. The molecule has 12 heteroatoms. The van der Waals surface area contributed by atoms with Crippen LogP contribution in [0.3, 0.4) is 0 Å². The summed E-state index contributed by atoms with van der Waals surface area (Å²) in [6.45, 7) is 1.41. The minimum absolute atomic E-state index is 0.0328. The number of aromatic nitrogens is 2. The van der Waals surface area contributed by atoms with E-state index in [0.717, 1.165) is 17.8 Å². The van der Waals surface area contributed by atoms with Crippen molar-refractivity contribution in [1.29, 1.82) is 0 Å². The van der Waals surface area contributed by atoms with Crippen molar-refractivity contribution in [3.8, 4) is 0 Å². The molecule has 7 nitrogen and oxygen atoms in total. The second-order valence-corrected chi connectivity index (χ2v) is 8.50. The van der Waals surface area contributed by atoms with Crippen LogP contribution >= 0.6 is 11.8 Å². The standard InChI is InChI=1S/C20H19F4N5O2S/c1-2-10-6-27-15(7-26-10)17(30)28-11-3-4-14(21)12(5-11)19-9-31-16(20(22,23)24)13(19)8-32-18(25)29-19/h3-7,13,16H,2,8-9H2,1H3,(H2,25,29)(H,28,30)/t13-,16+,19-/m1/s1. The van der Waals surface area contributed by atoms with E-state index in [2.05, 4.69) is 20.3 Å². The molecule has 1 aromatic heterocycles. The summed E-state index contributed by atoms with van der Waals surface area (Å²) in [5, 5.41) is 2.62. The number of halogens is 4. The van der Waals surface area contributed by atoms with Crippen LogP contribution in [0.15, 0.2) is 35.6 Å². The number of carbonyl (C=O) groups excluding carboxylic acids is 1. The van der Waals surface area contributed by atoms with Gasteiger partial charge in [0.15, 0.2) is 11.3 Å². The third-order valence-corrected chi connectivity index (χ3v) is 6.41. The predicted octanol–water partition coefficient (Wildman–Crippen LogP) is 3.26. The van der Waals surface area contributed by atoms with Crippen LogP contribution in [0.5, 0.6) is 0 Å². The van der Waals surface area contributed by atoms with Gasteiger partial charge in [-0.2, -0.15) is 13.2 Å². The van der Waals surface area contributed by atoms with Crippen molar-refractivity contribution in [3.05, 3.63) is 53.4 Å². The zero-order valence-electron chi connectivity index (χ0n) is 16.8. The van der Waals surface area contributed by atoms with Gasteiger partial charge in [-0.1, -0.05) is 18.7 Å². The first-order valence-corrected chi connectivity index (χ1v) is 10.7. The molecule has 0 aliphatic carbocycles. The highest BCUT2D eigenvalue weighted by Crippen LogP contribution is 2.52. The third kappa shape index (κ3) is 4.04. The van der Waals surface area contributed by atoms with Crippen LogP contribution in [0.4, 0.5) is 23.2 Å². The Balaban J connectivity index is 1.68. The molecule has 0 bridgehead atoms. The normalized spacial score (nSPS) is 25.2. The van der Waals surface area contributed by atoms with Gasteiger partial charge in [0.2, 0.25) is 0 Å². The molecule has 3 heterocycles. The molecule has 170 valence electrons. The molecule has 1 amide bonds. The average molecular weight is 469 g/mol. The van der Waals surface area contributed by atoms with Gasteiger partial charge in [0.25, 0.3) is 5.91 Å². The number of nitrogens with two attached hydrogens (primary N) is 1. The molecular weight excluding hydrogens is 450 g/mol. The summed E-state index contributed by atoms with van der Waals surface area (Å²) in [5.41, 5.74) is 4.96. The van der Waals surface area contributed by atoms with Gasteiger partial charge < -0.3 is 15.8 Å². The lowest BCUT2D eigenvalue weighted by molar-refractivity contribution is -0.215. The first-order valence-electron chi connectivity index (χ1n) is 9.73. The Morgan fingerprint density at radius 1 is 1.34 bits per heavy atom. The first kappa shape index (κ1) is 22.5. The van der Waals surface area contributed by atoms with Gasteiger partial charge >= 0.3 is 6.18 Å². The third-order valence-electron chi connectivity index (χ3n) is 5.50. The molecular formula is C20H19F4N5O2S. The number of aliphatic imine (C=N–C) groups is 1. The van der Waals surface area contributed by atoms with Crippen molar-refractivity contribution in [3.63, 3.8) is 0 Å². The smallest absolute Gasteiger partial charge is 0.379 e. The maximum absolute atomic E-state index is 14.9. The lowest BCUT2D eigenvalue weighted by Crippen LogP contribution is -2.46. The van der Waals surface area contributed by atoms with E-state index in [1.165, 1.54) is 24.5 Å². The number of rotatable bonds is 4. The van der Waals surface area contributed by atoms with Gasteiger partial charge in [-0.05, 0) is 24.6 Å². The highest BCUT2D eigenvalue weighted by Gasteiger charge is 2.62. The van der Waals surface area contributed by atoms with E-state index in [-0.39, 0.29) is 27.9 Å². The summed E-state index contributed by atoms with van der Waals surface area (Å²) < 4.78 is 60.5. The highest BCUT2D eigenvalue weighted by atomic mass is 32.2. The molecule has 2 aromatic rings. The van der Waals surface area contributed by atoms with Gasteiger partial charge in [-0.3, -0.25) is 9.78 Å². The Labute approximate surface area is 184 Å². The molecule has 0 unspecified atom stereocenters. The van der Waals surface area contributed by atoms with Crippen LogP contribution in [0.25, 0.3) is 0 Å². The number of amides is 1. The topological polar surface area (TPSA) is 102 Å². The van der Waals surface area contributed by atoms with E-state index in [1.54, 1.807) is 0 Å². The van der Waals surface area contributed by atoms with Crippen molar-refractivity contribution in [1.82, 2.24) is 9.97 Å².